The molecule has 20 heavy (non-hydrogen) atoms. The molecule has 0 atom stereocenters. The summed E-state index contributed by atoms with van der Waals surface area (Å²) in [6, 6.07) is 0.296. The molecule has 0 radical (unpaired) electrons. The van der Waals surface area contributed by atoms with Crippen molar-refractivity contribution in [1.29, 1.82) is 0 Å². The lowest BCUT2D eigenvalue weighted by molar-refractivity contribution is 0.172. The van der Waals surface area contributed by atoms with E-state index in [4.69, 9.17) is 10.5 Å². The fraction of sp³-hybridized carbons (Fsp3) is 0.800. The van der Waals surface area contributed by atoms with E-state index in [0.29, 0.717) is 18.3 Å². The summed E-state index contributed by atoms with van der Waals surface area (Å²) >= 11 is 0. The van der Waals surface area contributed by atoms with Crippen molar-refractivity contribution in [2.45, 2.75) is 71.1 Å². The average Bonchev–Trinajstić information content (AvgIpc) is 2.67. The van der Waals surface area contributed by atoms with Gasteiger partial charge < -0.3 is 10.5 Å². The van der Waals surface area contributed by atoms with Gasteiger partial charge in [0.1, 0.15) is 5.69 Å². The average molecular weight is 281 g/mol. The third kappa shape index (κ3) is 2.92. The summed E-state index contributed by atoms with van der Waals surface area (Å²) in [6.45, 7) is 3.34. The second-order valence-corrected chi connectivity index (χ2v) is 5.71. The highest BCUT2D eigenvalue weighted by Crippen LogP contribution is 2.27. The van der Waals surface area contributed by atoms with Crippen LogP contribution in [0.15, 0.2) is 4.79 Å². The number of nitrogens with two attached hydrogens (primary N) is 1. The summed E-state index contributed by atoms with van der Waals surface area (Å²) < 4.78 is 9.20. The standard InChI is InChI=1S/C15H27N3O2/c1-3-10-17-13(11-20-2)14(16)15(19)18(17)12-8-6-4-5-7-9-12/h12H,3-11,16H2,1-2H3. The molecule has 114 valence electrons. The fourth-order valence-corrected chi connectivity index (χ4v) is 3.23. The number of nitrogen functional groups attached to an aromatic ring is 1. The molecule has 0 aromatic carbocycles. The van der Waals surface area contributed by atoms with Gasteiger partial charge in [0.15, 0.2) is 0 Å². The van der Waals surface area contributed by atoms with Crippen LogP contribution in [0.25, 0.3) is 0 Å². The van der Waals surface area contributed by atoms with E-state index in [1.807, 2.05) is 4.68 Å². The first-order chi connectivity index (χ1) is 9.70. The van der Waals surface area contributed by atoms with Gasteiger partial charge in [-0.1, -0.05) is 32.6 Å². The minimum absolute atomic E-state index is 0.0302. The Bertz CT molecular complexity index is 482. The molecule has 1 heterocycles. The van der Waals surface area contributed by atoms with Crippen LogP contribution in [-0.4, -0.2) is 16.5 Å². The van der Waals surface area contributed by atoms with Crippen molar-refractivity contribution >= 4 is 5.69 Å². The Balaban J connectivity index is 2.43. The van der Waals surface area contributed by atoms with Crippen LogP contribution in [0.1, 0.15) is 63.6 Å². The molecule has 0 aliphatic heterocycles. The van der Waals surface area contributed by atoms with E-state index in [0.717, 1.165) is 31.5 Å². The molecule has 1 aromatic heterocycles. The van der Waals surface area contributed by atoms with Gasteiger partial charge in [-0.25, -0.2) is 4.68 Å². The quantitative estimate of drug-likeness (QED) is 0.844. The van der Waals surface area contributed by atoms with Crippen molar-refractivity contribution in [2.24, 2.45) is 0 Å². The third-order valence-corrected chi connectivity index (χ3v) is 4.21. The number of nitrogens with zero attached hydrogens (tertiary/aromatic N) is 2. The lowest BCUT2D eigenvalue weighted by Gasteiger charge is -2.21. The van der Waals surface area contributed by atoms with Crippen molar-refractivity contribution in [3.63, 3.8) is 0 Å². The van der Waals surface area contributed by atoms with Crippen LogP contribution >= 0.6 is 0 Å². The summed E-state index contributed by atoms with van der Waals surface area (Å²) in [7, 11) is 1.64. The summed E-state index contributed by atoms with van der Waals surface area (Å²) in [6.07, 6.45) is 8.11. The van der Waals surface area contributed by atoms with Gasteiger partial charge in [-0.2, -0.15) is 0 Å². The molecule has 1 aromatic rings. The van der Waals surface area contributed by atoms with E-state index >= 15 is 0 Å². The Kier molecular flexibility index (Phi) is 5.29. The molecule has 1 aliphatic carbocycles. The molecule has 5 nitrogen and oxygen atoms in total. The minimum Gasteiger partial charge on any atom is -0.393 e. The predicted octanol–water partition coefficient (Wildman–Crippen LogP) is 2.68. The van der Waals surface area contributed by atoms with Crippen molar-refractivity contribution in [3.8, 4) is 0 Å². The normalized spacial score (nSPS) is 17.3. The zero-order valence-electron chi connectivity index (χ0n) is 12.7. The number of aromatic nitrogens is 2. The Morgan fingerprint density at radius 1 is 1.25 bits per heavy atom. The molecule has 0 saturated heterocycles. The van der Waals surface area contributed by atoms with Gasteiger partial charge in [-0.05, 0) is 19.3 Å². The fourth-order valence-electron chi connectivity index (χ4n) is 3.23. The van der Waals surface area contributed by atoms with Crippen molar-refractivity contribution < 1.29 is 4.74 Å². The second-order valence-electron chi connectivity index (χ2n) is 5.71. The second kappa shape index (κ2) is 6.97. The lowest BCUT2D eigenvalue weighted by atomic mass is 10.1. The SMILES string of the molecule is CCCn1c(COC)c(N)c(=O)n1C1CCCCCC1. The van der Waals surface area contributed by atoms with Crippen LogP contribution in [0.4, 0.5) is 5.69 Å². The van der Waals surface area contributed by atoms with Gasteiger partial charge in [-0.3, -0.25) is 9.48 Å². The zero-order chi connectivity index (χ0) is 14.5. The Morgan fingerprint density at radius 3 is 2.45 bits per heavy atom. The Labute approximate surface area is 120 Å². The van der Waals surface area contributed by atoms with Gasteiger partial charge in [-0.15, -0.1) is 0 Å². The molecule has 5 heteroatoms. The maximum absolute atomic E-state index is 12.5. The molecular weight excluding hydrogens is 254 g/mol. The van der Waals surface area contributed by atoms with Gasteiger partial charge in [0.05, 0.1) is 18.3 Å². The number of methoxy groups -OCH3 is 1. The highest BCUT2D eigenvalue weighted by molar-refractivity contribution is 5.41. The first kappa shape index (κ1) is 15.2. The highest BCUT2D eigenvalue weighted by Gasteiger charge is 2.23. The minimum atomic E-state index is -0.0302. The molecule has 1 fully saturated rings. The molecule has 0 unspecified atom stereocenters. The smallest absolute Gasteiger partial charge is 0.290 e. The first-order valence-corrected chi connectivity index (χ1v) is 7.79. The van der Waals surface area contributed by atoms with E-state index < -0.39 is 0 Å². The largest absolute Gasteiger partial charge is 0.393 e. The Hall–Kier alpha value is -1.23. The molecule has 0 spiro atoms. The third-order valence-electron chi connectivity index (χ3n) is 4.21. The van der Waals surface area contributed by atoms with Crippen LogP contribution in [0, 0.1) is 0 Å². The number of anilines is 1. The number of rotatable bonds is 5. The molecule has 2 N–H and O–H groups in total. The predicted molar refractivity (Wildman–Crippen MR) is 80.8 cm³/mol. The molecule has 0 bridgehead atoms. The molecular formula is C15H27N3O2. The van der Waals surface area contributed by atoms with Gasteiger partial charge in [0, 0.05) is 13.7 Å². The van der Waals surface area contributed by atoms with E-state index in [1.165, 1.54) is 25.7 Å². The zero-order valence-corrected chi connectivity index (χ0v) is 12.7. The topological polar surface area (TPSA) is 62.2 Å². The first-order valence-electron chi connectivity index (χ1n) is 7.79. The van der Waals surface area contributed by atoms with Crippen molar-refractivity contribution in [1.82, 2.24) is 9.36 Å². The molecule has 0 amide bonds. The summed E-state index contributed by atoms with van der Waals surface area (Å²) in [5.74, 6) is 0. The summed E-state index contributed by atoms with van der Waals surface area (Å²) in [5, 5.41) is 0. The molecule has 2 rings (SSSR count). The van der Waals surface area contributed by atoms with E-state index in [9.17, 15) is 4.79 Å². The molecule has 1 aliphatic rings. The monoisotopic (exact) mass is 281 g/mol. The van der Waals surface area contributed by atoms with Crippen LogP contribution in [0.5, 0.6) is 0 Å². The number of hydrogen-bond acceptors (Lipinski definition) is 3. The highest BCUT2D eigenvalue weighted by atomic mass is 16.5. The van der Waals surface area contributed by atoms with Gasteiger partial charge >= 0.3 is 0 Å². The number of hydrogen-bond donors (Lipinski definition) is 1. The van der Waals surface area contributed by atoms with E-state index in [-0.39, 0.29) is 5.56 Å². The van der Waals surface area contributed by atoms with Crippen molar-refractivity contribution in [2.75, 3.05) is 12.8 Å². The lowest BCUT2D eigenvalue weighted by Crippen LogP contribution is -2.28. The number of ether oxygens (including phenoxy) is 1. The van der Waals surface area contributed by atoms with Gasteiger partial charge in [0.25, 0.3) is 5.56 Å². The summed E-state index contributed by atoms with van der Waals surface area (Å²) in [5.41, 5.74) is 7.20. The van der Waals surface area contributed by atoms with Crippen LogP contribution in [0.2, 0.25) is 0 Å². The molecule has 1 saturated carbocycles. The maximum Gasteiger partial charge on any atom is 0.290 e. The maximum atomic E-state index is 12.5. The van der Waals surface area contributed by atoms with Gasteiger partial charge in [0.2, 0.25) is 0 Å². The van der Waals surface area contributed by atoms with E-state index in [1.54, 1.807) is 7.11 Å². The van der Waals surface area contributed by atoms with E-state index in [2.05, 4.69) is 11.6 Å². The van der Waals surface area contributed by atoms with Crippen molar-refractivity contribution in [3.05, 3.63) is 16.0 Å². The Morgan fingerprint density at radius 2 is 1.90 bits per heavy atom. The van der Waals surface area contributed by atoms with Crippen LogP contribution < -0.4 is 11.3 Å². The van der Waals surface area contributed by atoms with Crippen LogP contribution in [0.3, 0.4) is 0 Å². The summed E-state index contributed by atoms with van der Waals surface area (Å²) in [4.78, 5) is 12.5. The van der Waals surface area contributed by atoms with Crippen LogP contribution in [-0.2, 0) is 17.9 Å².